The summed E-state index contributed by atoms with van der Waals surface area (Å²) in [4.78, 5) is 34.9. The number of halogens is 11. The van der Waals surface area contributed by atoms with Gasteiger partial charge in [-0.2, -0.15) is 4.39 Å². The molecule has 9 heterocycles. The van der Waals surface area contributed by atoms with E-state index in [1.54, 1.807) is 84.9 Å². The van der Waals surface area contributed by atoms with Crippen molar-refractivity contribution in [3.8, 4) is 0 Å². The molecule has 0 atom stereocenters. The van der Waals surface area contributed by atoms with Gasteiger partial charge in [-0.1, -0.05) is 153 Å². The summed E-state index contributed by atoms with van der Waals surface area (Å²) < 4.78 is 173. The van der Waals surface area contributed by atoms with E-state index in [0.717, 1.165) is 54.2 Å². The molecule has 0 unspecified atom stereocenters. The highest BCUT2D eigenvalue weighted by Crippen LogP contribution is 2.45. The number of nitrogens with two attached hydrogens (primary N) is 1. The van der Waals surface area contributed by atoms with Crippen molar-refractivity contribution >= 4 is 203 Å². The monoisotopic (exact) mass is 2400 g/mol. The van der Waals surface area contributed by atoms with Crippen LogP contribution in [-0.4, -0.2) is 211 Å². The van der Waals surface area contributed by atoms with Crippen molar-refractivity contribution in [2.75, 3.05) is 135 Å². The fourth-order valence-electron chi connectivity index (χ4n) is 14.8. The minimum atomic E-state index is -4.01. The second-order valence-electron chi connectivity index (χ2n) is 37.2. The molecule has 8 aromatic carbocycles. The first-order chi connectivity index (χ1) is 66.5. The quantitative estimate of drug-likeness (QED) is 0.00906. The van der Waals surface area contributed by atoms with Gasteiger partial charge in [-0.15, -0.1) is 0 Å². The first kappa shape index (κ1) is 116. The molecule has 0 spiro atoms. The number of pyridine rings is 1. The number of nitrogens with zero attached hydrogens (tertiary/aromatic N) is 7. The number of benzene rings is 8. The summed E-state index contributed by atoms with van der Waals surface area (Å²) in [6.07, 6.45) is 1.46. The molecule has 141 heavy (non-hydrogen) atoms. The van der Waals surface area contributed by atoms with Crippen molar-refractivity contribution in [3.05, 3.63) is 267 Å². The Balaban J connectivity index is 0.000000175. The molecular weight excluding hydrogens is 2290 g/mol. The van der Waals surface area contributed by atoms with Gasteiger partial charge in [0.25, 0.3) is 10.0 Å². The van der Waals surface area contributed by atoms with E-state index in [1.807, 2.05) is 232 Å². The lowest BCUT2D eigenvalue weighted by Crippen LogP contribution is -2.41. The van der Waals surface area contributed by atoms with Crippen LogP contribution in [0, 0.1) is 42.9 Å². The number of ether oxygens (including phenoxy) is 5. The van der Waals surface area contributed by atoms with Gasteiger partial charge in [0, 0.05) is 91.6 Å². The molecule has 2 aromatic heterocycles. The van der Waals surface area contributed by atoms with Crippen LogP contribution in [0.4, 0.5) is 56.2 Å². The van der Waals surface area contributed by atoms with Crippen LogP contribution >= 0.6 is 102 Å². The van der Waals surface area contributed by atoms with Crippen LogP contribution in [0.25, 0.3) is 10.9 Å². The number of nitrogen functional groups attached to an aromatic ring is 1. The van der Waals surface area contributed by atoms with Gasteiger partial charge in [0.2, 0.25) is 5.82 Å². The average molecular weight is 2410 g/mol. The highest BCUT2D eigenvalue weighted by atomic mass is 127. The van der Waals surface area contributed by atoms with Crippen molar-refractivity contribution in [1.29, 1.82) is 0 Å². The topological polar surface area (TPSA) is 271 Å². The van der Waals surface area contributed by atoms with E-state index < -0.39 is 88.9 Å². The molecule has 7 aliphatic rings. The van der Waals surface area contributed by atoms with E-state index in [4.69, 9.17) is 66.7 Å². The Morgan fingerprint density at radius 2 is 0.823 bits per heavy atom. The van der Waals surface area contributed by atoms with E-state index in [-0.39, 0.29) is 60.5 Å². The van der Waals surface area contributed by atoms with Gasteiger partial charge in [-0.25, -0.2) is 39.7 Å². The van der Waals surface area contributed by atoms with Gasteiger partial charge in [-0.05, 0) is 253 Å². The zero-order valence-corrected chi connectivity index (χ0v) is 93.0. The number of carbonyl (C=O) groups is 1. The number of hydrogen-bond donors (Lipinski definition) is 1. The molecule has 7 fully saturated rings. The Bertz CT molecular complexity index is 5680. The van der Waals surface area contributed by atoms with Crippen molar-refractivity contribution in [1.82, 2.24) is 8.96 Å². The fourth-order valence-corrected chi connectivity index (χ4v) is 19.1. The molecule has 7 aliphatic heterocycles. The SMILES string of the molecule is BrCCOCCBr.CC1(C)OB(B2OC(C)(C)C(C)(C)O2)OC1(C)C.CC1(C)OB(c2cccc(N3CCOCC3)c2F)OC1(C)C.CC1(C)OB(c2cccc(N3CCOCC3)c2F)OC1(C)C.COC(=O)c1cnc(N(Cc2ccccc2)Cc2ccccc2)c2c1cc(I)n2S(=O)(=O)c1ccccc1.Fc1c(Br)cccc1N1CCOCC1.Nc1cccc(Br)c1F.O=[N+]([O-])c1cccc(Br)c1F. The maximum absolute atomic E-state index is 15.0. The van der Waals surface area contributed by atoms with E-state index in [2.05, 4.69) is 84.6 Å². The third kappa shape index (κ3) is 29.5. The number of hydrogen-bond acceptors (Lipinski definition) is 24. The van der Waals surface area contributed by atoms with E-state index >= 15 is 0 Å². The predicted octanol–water partition coefficient (Wildman–Crippen LogP) is 20.9. The van der Waals surface area contributed by atoms with Crippen LogP contribution < -0.4 is 36.3 Å². The number of carbonyl (C=O) groups excluding carboxylic acids is 1. The summed E-state index contributed by atoms with van der Waals surface area (Å²) in [5, 5.41) is 12.4. The smallest absolute Gasteiger partial charge is 0.465 e. The number of fused-ring (bicyclic) bond motifs is 1. The van der Waals surface area contributed by atoms with Gasteiger partial charge in [0.15, 0.2) is 17.5 Å². The van der Waals surface area contributed by atoms with E-state index in [0.29, 0.717) is 136 Å². The van der Waals surface area contributed by atoms with Gasteiger partial charge in [0.05, 0.1) is 160 Å². The second-order valence-corrected chi connectivity index (χ2v) is 44.3. The molecule has 2 N–H and O–H groups in total. The Hall–Kier alpha value is -7.17. The summed E-state index contributed by atoms with van der Waals surface area (Å²) in [5.41, 5.74) is 6.90. The minimum absolute atomic E-state index is 0.103. The molecular formula is C99H121B4Br5F5IN8O18S. The van der Waals surface area contributed by atoms with Crippen LogP contribution in [0.1, 0.15) is 132 Å². The molecule has 17 rings (SSSR count). The number of nitro groups is 1. The zero-order valence-electron chi connectivity index (χ0n) is 82.1. The first-order valence-electron chi connectivity index (χ1n) is 45.8. The molecule has 7 saturated heterocycles. The molecule has 42 heteroatoms. The van der Waals surface area contributed by atoms with Crippen molar-refractivity contribution in [3.63, 3.8) is 0 Å². The van der Waals surface area contributed by atoms with E-state index in [1.165, 1.54) is 35.5 Å². The fraction of sp³-hybridized carbons (Fsp3) is 0.434. The largest absolute Gasteiger partial charge is 0.497 e. The molecule has 10 aromatic rings. The van der Waals surface area contributed by atoms with Crippen LogP contribution in [0.3, 0.4) is 0 Å². The zero-order chi connectivity index (χ0) is 103. The van der Waals surface area contributed by atoms with Gasteiger partial charge in [-0.3, -0.25) is 10.1 Å². The Kier molecular flexibility index (Phi) is 41.8. The molecule has 0 aliphatic carbocycles. The Morgan fingerprint density at radius 3 is 1.18 bits per heavy atom. The van der Waals surface area contributed by atoms with Crippen molar-refractivity contribution < 1.29 is 101 Å². The highest BCUT2D eigenvalue weighted by molar-refractivity contribution is 14.1. The maximum Gasteiger partial charge on any atom is 0.497 e. The van der Waals surface area contributed by atoms with Gasteiger partial charge in [0.1, 0.15) is 17.2 Å². The summed E-state index contributed by atoms with van der Waals surface area (Å²) in [6.45, 7) is 42.7. The number of morpholine rings is 3. The minimum Gasteiger partial charge on any atom is -0.465 e. The van der Waals surface area contributed by atoms with Crippen LogP contribution in [-0.2, 0) is 84.0 Å². The number of methoxy groups -OCH3 is 1. The third-order valence-corrected chi connectivity index (χ3v) is 30.8. The highest BCUT2D eigenvalue weighted by Gasteiger charge is 2.64. The number of aromatic nitrogens is 2. The number of esters is 1. The van der Waals surface area contributed by atoms with Crippen LogP contribution in [0.15, 0.2) is 213 Å². The number of alkyl halides is 2. The summed E-state index contributed by atoms with van der Waals surface area (Å²) in [6, 6.07) is 54.6. The number of nitro benzene ring substituents is 1. The maximum atomic E-state index is 15.0. The standard InChI is InChI=1S/C29H24IN3O4S.2C16H23BFNO3.C12H24B2O4.C10H11BrFNO.C6H3BrFNO2.C6H5BrFN.C4H8Br2O/c1-37-29(34)25-18-31-28(32(19-21-11-5-2-6-12-21)20-22-13-7-3-8-14-22)27-24(25)17-26(30)33(27)38(35,36)23-15-9-4-10-16-23;2*1-15(2)16(3,4)22-17(21-15)12-6-5-7-13(14(12)18)19-8-10-20-11-9-19;1-9(2)10(3,4)16-13(15-9)14-17-11(5,6)12(7,8)18-14;11-8-2-1-3-9(10(8)12)13-4-6-14-7-5-13;7-4-2-1-3-5(6(4)8)9(10)11;7-4-2-1-3-5(9)6(4)8;5-1-3-7-4-2-6/h2-18H,19-20H2,1H3;2*5-7H,8-11H2,1-4H3;1-8H3;1-3H,4-7H2;1-3H;1-3H,9H2;1-4H2. The lowest BCUT2D eigenvalue weighted by atomic mass is 9.49. The molecule has 0 saturated carbocycles. The Morgan fingerprint density at radius 1 is 0.482 bits per heavy atom. The van der Waals surface area contributed by atoms with Gasteiger partial charge >= 0.3 is 39.9 Å². The lowest BCUT2D eigenvalue weighted by molar-refractivity contribution is -0.387. The predicted molar refractivity (Wildman–Crippen MR) is 573 cm³/mol. The van der Waals surface area contributed by atoms with E-state index in [9.17, 15) is 45.3 Å². The Labute approximate surface area is 881 Å². The molecule has 0 bridgehead atoms. The molecule has 0 radical (unpaired) electrons. The molecule has 26 nitrogen and oxygen atoms in total. The first-order valence-corrected chi connectivity index (χ1v) is 52.9. The van der Waals surface area contributed by atoms with Crippen LogP contribution in [0.5, 0.6) is 0 Å². The summed E-state index contributed by atoms with van der Waals surface area (Å²) in [5.74, 6) is -2.07. The lowest BCUT2D eigenvalue weighted by Gasteiger charge is -2.32. The van der Waals surface area contributed by atoms with Gasteiger partial charge < -0.3 is 86.3 Å². The van der Waals surface area contributed by atoms with Crippen LogP contribution in [0.2, 0.25) is 0 Å². The average Bonchev–Trinajstić information content (AvgIpc) is 1.59. The van der Waals surface area contributed by atoms with Crippen molar-refractivity contribution in [2.24, 2.45) is 0 Å². The van der Waals surface area contributed by atoms with Crippen molar-refractivity contribution in [2.45, 2.75) is 174 Å². The third-order valence-electron chi connectivity index (χ3n) is 25.5. The number of anilines is 5. The summed E-state index contributed by atoms with van der Waals surface area (Å²) in [7, 11) is -5.02. The normalized spacial score (nSPS) is 18.1. The second kappa shape index (κ2) is 51.0. The molecule has 0 amide bonds. The molecule has 760 valence electrons. The summed E-state index contributed by atoms with van der Waals surface area (Å²) >= 11 is 17.5. The number of rotatable bonds is 19.